The summed E-state index contributed by atoms with van der Waals surface area (Å²) in [5, 5.41) is 11.8. The molecule has 2 aliphatic rings. The van der Waals surface area contributed by atoms with Gasteiger partial charge in [0.15, 0.2) is 0 Å². The smallest absolute Gasteiger partial charge is 0.233 e. The highest BCUT2D eigenvalue weighted by Crippen LogP contribution is 2.24. The summed E-state index contributed by atoms with van der Waals surface area (Å²) < 4.78 is 5.74. The maximum atomic E-state index is 5.74. The predicted octanol–water partition coefficient (Wildman–Crippen LogP) is 2.69. The van der Waals surface area contributed by atoms with Crippen LogP contribution in [0.15, 0.2) is 12.1 Å². The Kier molecular flexibility index (Phi) is 4.28. The van der Waals surface area contributed by atoms with E-state index in [-0.39, 0.29) is 0 Å². The van der Waals surface area contributed by atoms with Crippen molar-refractivity contribution in [1.82, 2.24) is 15.5 Å². The van der Waals surface area contributed by atoms with Crippen LogP contribution in [0.5, 0.6) is 5.88 Å². The molecule has 104 valence electrons. The van der Waals surface area contributed by atoms with Crippen molar-refractivity contribution in [3.05, 3.63) is 17.8 Å². The minimum atomic E-state index is 0.667. The molecule has 19 heavy (non-hydrogen) atoms. The number of ether oxygens (including phenoxy) is 1. The second kappa shape index (κ2) is 6.33. The van der Waals surface area contributed by atoms with Crippen LogP contribution >= 0.6 is 0 Å². The van der Waals surface area contributed by atoms with Crippen molar-refractivity contribution in [3.8, 4) is 5.88 Å². The molecule has 0 radical (unpaired) electrons. The lowest BCUT2D eigenvalue weighted by atomic mass is 9.90. The lowest BCUT2D eigenvalue weighted by Gasteiger charge is -2.21. The van der Waals surface area contributed by atoms with Crippen molar-refractivity contribution >= 4 is 0 Å². The summed E-state index contributed by atoms with van der Waals surface area (Å²) in [7, 11) is 0. The fourth-order valence-corrected chi connectivity index (χ4v) is 2.61. The van der Waals surface area contributed by atoms with Crippen LogP contribution in [0.2, 0.25) is 0 Å². The van der Waals surface area contributed by atoms with Gasteiger partial charge in [-0.25, -0.2) is 0 Å². The number of rotatable bonds is 6. The molecule has 1 aromatic rings. The standard InChI is InChI=1S/C15H23N3O/c1-2-4-12(5-3-1)11-19-15-9-8-14(17-18-15)10-16-13-6-7-13/h8-9,12-13,16H,1-7,10-11H2. The van der Waals surface area contributed by atoms with Gasteiger partial charge >= 0.3 is 0 Å². The third kappa shape index (κ3) is 4.16. The van der Waals surface area contributed by atoms with Gasteiger partial charge in [0.1, 0.15) is 0 Å². The van der Waals surface area contributed by atoms with Gasteiger partial charge in [0, 0.05) is 18.7 Å². The Balaban J connectivity index is 1.42. The maximum absolute atomic E-state index is 5.74. The minimum absolute atomic E-state index is 0.667. The molecule has 0 unspecified atom stereocenters. The average Bonchev–Trinajstić information content (AvgIpc) is 3.29. The normalized spacial score (nSPS) is 20.4. The number of hydrogen-bond donors (Lipinski definition) is 1. The minimum Gasteiger partial charge on any atom is -0.476 e. The summed E-state index contributed by atoms with van der Waals surface area (Å²) in [6.45, 7) is 1.62. The summed E-state index contributed by atoms with van der Waals surface area (Å²) in [6.07, 6.45) is 9.30. The van der Waals surface area contributed by atoms with Gasteiger partial charge in [0.2, 0.25) is 5.88 Å². The third-order valence-corrected chi connectivity index (χ3v) is 4.04. The average molecular weight is 261 g/mol. The van der Waals surface area contributed by atoms with Crippen LogP contribution in [0, 0.1) is 5.92 Å². The molecule has 0 aromatic carbocycles. The van der Waals surface area contributed by atoms with Gasteiger partial charge in [0.25, 0.3) is 0 Å². The Morgan fingerprint density at radius 3 is 2.58 bits per heavy atom. The van der Waals surface area contributed by atoms with Gasteiger partial charge in [-0.1, -0.05) is 19.3 Å². The molecule has 1 N–H and O–H groups in total. The first kappa shape index (κ1) is 12.9. The first-order valence-electron chi connectivity index (χ1n) is 7.59. The van der Waals surface area contributed by atoms with Gasteiger partial charge in [-0.2, -0.15) is 5.10 Å². The van der Waals surface area contributed by atoms with E-state index in [1.165, 1.54) is 44.9 Å². The molecule has 0 amide bonds. The van der Waals surface area contributed by atoms with Gasteiger partial charge in [-0.15, -0.1) is 5.10 Å². The molecular weight excluding hydrogens is 238 g/mol. The fraction of sp³-hybridized carbons (Fsp3) is 0.733. The molecule has 1 aromatic heterocycles. The number of aromatic nitrogens is 2. The Morgan fingerprint density at radius 1 is 1.05 bits per heavy atom. The Labute approximate surface area is 115 Å². The van der Waals surface area contributed by atoms with E-state index in [2.05, 4.69) is 15.5 Å². The number of nitrogens with zero attached hydrogens (tertiary/aromatic N) is 2. The molecule has 2 saturated carbocycles. The molecular formula is C15H23N3O. The van der Waals surface area contributed by atoms with Crippen LogP contribution in [0.25, 0.3) is 0 Å². The van der Waals surface area contributed by atoms with Gasteiger partial charge in [-0.3, -0.25) is 0 Å². The SMILES string of the molecule is c1cc(OCC2CCCCC2)nnc1CNC1CC1. The summed E-state index contributed by atoms with van der Waals surface area (Å²) >= 11 is 0. The zero-order valence-electron chi connectivity index (χ0n) is 11.5. The molecule has 4 heteroatoms. The lowest BCUT2D eigenvalue weighted by Crippen LogP contribution is -2.17. The van der Waals surface area contributed by atoms with Crippen molar-refractivity contribution in [2.75, 3.05) is 6.61 Å². The van der Waals surface area contributed by atoms with Crippen LogP contribution in [0.3, 0.4) is 0 Å². The highest BCUT2D eigenvalue weighted by atomic mass is 16.5. The highest BCUT2D eigenvalue weighted by molar-refractivity contribution is 5.11. The van der Waals surface area contributed by atoms with E-state index in [4.69, 9.17) is 4.74 Å². The Morgan fingerprint density at radius 2 is 1.89 bits per heavy atom. The molecule has 0 saturated heterocycles. The molecule has 0 atom stereocenters. The molecule has 0 spiro atoms. The monoisotopic (exact) mass is 261 g/mol. The quantitative estimate of drug-likeness (QED) is 0.855. The van der Waals surface area contributed by atoms with Crippen molar-refractivity contribution in [3.63, 3.8) is 0 Å². The molecule has 0 bridgehead atoms. The van der Waals surface area contributed by atoms with E-state index in [1.54, 1.807) is 0 Å². The second-order valence-electron chi connectivity index (χ2n) is 5.83. The number of hydrogen-bond acceptors (Lipinski definition) is 4. The van der Waals surface area contributed by atoms with E-state index in [1.807, 2.05) is 12.1 Å². The highest BCUT2D eigenvalue weighted by Gasteiger charge is 2.20. The molecule has 1 heterocycles. The van der Waals surface area contributed by atoms with Gasteiger partial charge in [0.05, 0.1) is 12.3 Å². The summed E-state index contributed by atoms with van der Waals surface area (Å²) in [4.78, 5) is 0. The predicted molar refractivity (Wildman–Crippen MR) is 74.0 cm³/mol. The number of nitrogens with one attached hydrogen (secondary N) is 1. The van der Waals surface area contributed by atoms with Crippen molar-refractivity contribution in [1.29, 1.82) is 0 Å². The molecule has 2 fully saturated rings. The van der Waals surface area contributed by atoms with Crippen LogP contribution in [-0.2, 0) is 6.54 Å². The van der Waals surface area contributed by atoms with Crippen LogP contribution in [0.1, 0.15) is 50.6 Å². The van der Waals surface area contributed by atoms with Crippen LogP contribution in [-0.4, -0.2) is 22.8 Å². The fourth-order valence-electron chi connectivity index (χ4n) is 2.61. The first-order chi connectivity index (χ1) is 9.40. The van der Waals surface area contributed by atoms with E-state index >= 15 is 0 Å². The van der Waals surface area contributed by atoms with Crippen molar-refractivity contribution < 1.29 is 4.74 Å². The first-order valence-corrected chi connectivity index (χ1v) is 7.59. The zero-order chi connectivity index (χ0) is 12.9. The summed E-state index contributed by atoms with van der Waals surface area (Å²) in [6, 6.07) is 4.67. The Hall–Kier alpha value is -1.16. The van der Waals surface area contributed by atoms with Gasteiger partial charge in [-0.05, 0) is 37.7 Å². The third-order valence-electron chi connectivity index (χ3n) is 4.04. The molecule has 4 nitrogen and oxygen atoms in total. The second-order valence-corrected chi connectivity index (χ2v) is 5.83. The lowest BCUT2D eigenvalue weighted by molar-refractivity contribution is 0.201. The topological polar surface area (TPSA) is 47.0 Å². The summed E-state index contributed by atoms with van der Waals surface area (Å²) in [5.41, 5.74) is 0.997. The van der Waals surface area contributed by atoms with E-state index in [0.29, 0.717) is 17.8 Å². The largest absolute Gasteiger partial charge is 0.476 e. The van der Waals surface area contributed by atoms with Crippen LogP contribution in [0.4, 0.5) is 0 Å². The van der Waals surface area contributed by atoms with E-state index in [9.17, 15) is 0 Å². The van der Waals surface area contributed by atoms with Crippen LogP contribution < -0.4 is 10.1 Å². The molecule has 0 aliphatic heterocycles. The van der Waals surface area contributed by atoms with Gasteiger partial charge < -0.3 is 10.1 Å². The van der Waals surface area contributed by atoms with Crippen molar-refractivity contribution in [2.24, 2.45) is 5.92 Å². The van der Waals surface area contributed by atoms with E-state index in [0.717, 1.165) is 18.8 Å². The molecule has 2 aliphatic carbocycles. The summed E-state index contributed by atoms with van der Waals surface area (Å²) in [5.74, 6) is 1.38. The Bertz CT molecular complexity index is 383. The maximum Gasteiger partial charge on any atom is 0.233 e. The molecule has 3 rings (SSSR count). The van der Waals surface area contributed by atoms with Crippen molar-refractivity contribution in [2.45, 2.75) is 57.5 Å². The van der Waals surface area contributed by atoms with E-state index < -0.39 is 0 Å². The zero-order valence-corrected chi connectivity index (χ0v) is 11.5.